The van der Waals surface area contributed by atoms with Crippen molar-refractivity contribution in [3.63, 3.8) is 0 Å². The van der Waals surface area contributed by atoms with Gasteiger partial charge in [-0.25, -0.2) is 0 Å². The van der Waals surface area contributed by atoms with E-state index in [1.165, 1.54) is 23.0 Å². The number of esters is 1. The SMILES string of the molecule is COC(=O)CCCCCC[P+](c1ccccc1)(c1ccccc1)c1ccccc1.[Br-]. The van der Waals surface area contributed by atoms with Gasteiger partial charge in [-0.2, -0.15) is 0 Å². The summed E-state index contributed by atoms with van der Waals surface area (Å²) in [6.07, 6.45) is 5.91. The van der Waals surface area contributed by atoms with E-state index in [0.717, 1.165) is 31.8 Å². The summed E-state index contributed by atoms with van der Waals surface area (Å²) in [6, 6.07) is 33.0. The molecule has 0 fully saturated rings. The Balaban J connectivity index is 0.00000320. The zero-order chi connectivity index (χ0) is 20.4. The molecule has 0 aromatic heterocycles. The molecule has 2 nitrogen and oxygen atoms in total. The molecule has 0 aliphatic rings. The minimum atomic E-state index is -1.72. The number of carbonyl (C=O) groups excluding carboxylic acids is 1. The Bertz CT molecular complexity index is 773. The normalized spacial score (nSPS) is 10.8. The van der Waals surface area contributed by atoms with Gasteiger partial charge < -0.3 is 21.7 Å². The van der Waals surface area contributed by atoms with E-state index in [9.17, 15) is 4.79 Å². The molecule has 158 valence electrons. The number of methoxy groups -OCH3 is 1. The molecule has 0 atom stereocenters. The van der Waals surface area contributed by atoms with Gasteiger partial charge in [-0.05, 0) is 55.7 Å². The highest BCUT2D eigenvalue weighted by Gasteiger charge is 2.44. The number of carbonyl (C=O) groups is 1. The van der Waals surface area contributed by atoms with Crippen molar-refractivity contribution in [2.24, 2.45) is 0 Å². The van der Waals surface area contributed by atoms with Crippen LogP contribution >= 0.6 is 7.26 Å². The van der Waals surface area contributed by atoms with Crippen molar-refractivity contribution >= 4 is 29.1 Å². The predicted octanol–water partition coefficient (Wildman–Crippen LogP) is 2.11. The van der Waals surface area contributed by atoms with E-state index in [1.54, 1.807) is 0 Å². The molecule has 0 amide bonds. The van der Waals surface area contributed by atoms with E-state index >= 15 is 0 Å². The Labute approximate surface area is 191 Å². The first-order valence-electron chi connectivity index (χ1n) is 10.4. The van der Waals surface area contributed by atoms with Crippen LogP contribution in [0.25, 0.3) is 0 Å². The minimum absolute atomic E-state index is 0. The highest BCUT2D eigenvalue weighted by atomic mass is 79.9. The van der Waals surface area contributed by atoms with Crippen LogP contribution in [0.4, 0.5) is 0 Å². The quantitative estimate of drug-likeness (QED) is 0.250. The number of hydrogen-bond acceptors (Lipinski definition) is 2. The summed E-state index contributed by atoms with van der Waals surface area (Å²) >= 11 is 0. The number of halogens is 1. The summed E-state index contributed by atoms with van der Waals surface area (Å²) in [5.41, 5.74) is 0. The van der Waals surface area contributed by atoms with Gasteiger partial charge in [0.2, 0.25) is 0 Å². The van der Waals surface area contributed by atoms with Crippen LogP contribution in [0.5, 0.6) is 0 Å². The summed E-state index contributed by atoms with van der Waals surface area (Å²) in [5.74, 6) is -0.107. The number of hydrogen-bond donors (Lipinski definition) is 0. The van der Waals surface area contributed by atoms with Gasteiger partial charge in [0.05, 0.1) is 13.3 Å². The minimum Gasteiger partial charge on any atom is -1.00 e. The fourth-order valence-corrected chi connectivity index (χ4v) is 8.37. The van der Waals surface area contributed by atoms with Crippen LogP contribution in [-0.4, -0.2) is 19.2 Å². The van der Waals surface area contributed by atoms with Crippen LogP contribution in [-0.2, 0) is 9.53 Å². The van der Waals surface area contributed by atoms with Gasteiger partial charge in [0.1, 0.15) is 23.2 Å². The van der Waals surface area contributed by atoms with Gasteiger partial charge in [-0.1, -0.05) is 61.0 Å². The lowest BCUT2D eigenvalue weighted by Crippen LogP contribution is -3.00. The Morgan fingerprint density at radius 2 is 1.07 bits per heavy atom. The van der Waals surface area contributed by atoms with Gasteiger partial charge >= 0.3 is 5.97 Å². The molecule has 0 saturated heterocycles. The van der Waals surface area contributed by atoms with Crippen molar-refractivity contribution in [2.75, 3.05) is 13.3 Å². The van der Waals surface area contributed by atoms with Crippen molar-refractivity contribution in [1.29, 1.82) is 0 Å². The molecule has 0 aliphatic heterocycles. The molecule has 0 spiro atoms. The van der Waals surface area contributed by atoms with Crippen LogP contribution < -0.4 is 32.9 Å². The Morgan fingerprint density at radius 3 is 1.47 bits per heavy atom. The average molecular weight is 485 g/mol. The second-order valence-electron chi connectivity index (χ2n) is 7.28. The Kier molecular flexibility index (Phi) is 10.3. The van der Waals surface area contributed by atoms with Gasteiger partial charge in [0, 0.05) is 6.42 Å². The van der Waals surface area contributed by atoms with Gasteiger partial charge in [-0.3, -0.25) is 4.79 Å². The van der Waals surface area contributed by atoms with Gasteiger partial charge in [0.15, 0.2) is 0 Å². The van der Waals surface area contributed by atoms with Crippen LogP contribution in [0.1, 0.15) is 32.1 Å². The summed E-state index contributed by atoms with van der Waals surface area (Å²) < 4.78 is 4.75. The smallest absolute Gasteiger partial charge is 0.305 e. The van der Waals surface area contributed by atoms with Crippen LogP contribution in [0, 0.1) is 0 Å². The summed E-state index contributed by atoms with van der Waals surface area (Å²) in [5, 5.41) is 4.31. The van der Waals surface area contributed by atoms with Crippen molar-refractivity contribution < 1.29 is 26.5 Å². The standard InChI is InChI=1S/C26H30O2P.BrH/c1-28-26(27)21-13-2-3-14-22-29(23-15-7-4-8-16-23,24-17-9-5-10-18-24)25-19-11-6-12-20-25;/h4-12,15-20H,2-3,13-14,21-22H2,1H3;1H/q+1;/p-1. The lowest BCUT2D eigenvalue weighted by atomic mass is 10.1. The lowest BCUT2D eigenvalue weighted by molar-refractivity contribution is -0.140. The van der Waals surface area contributed by atoms with Crippen molar-refractivity contribution in [1.82, 2.24) is 0 Å². The Morgan fingerprint density at radius 1 is 0.667 bits per heavy atom. The van der Waals surface area contributed by atoms with Crippen molar-refractivity contribution in [2.45, 2.75) is 32.1 Å². The Hall–Kier alpha value is -1.96. The first-order chi connectivity index (χ1) is 14.3. The number of ether oxygens (including phenoxy) is 1. The number of rotatable bonds is 10. The molecule has 0 N–H and O–H groups in total. The fourth-order valence-electron chi connectivity index (χ4n) is 3.96. The monoisotopic (exact) mass is 484 g/mol. The molecule has 0 unspecified atom stereocenters. The molecule has 3 rings (SSSR count). The molecular formula is C26H30BrO2P. The van der Waals surface area contributed by atoms with Crippen LogP contribution in [0.2, 0.25) is 0 Å². The molecule has 0 saturated carbocycles. The van der Waals surface area contributed by atoms with E-state index in [4.69, 9.17) is 4.74 Å². The summed E-state index contributed by atoms with van der Waals surface area (Å²) in [4.78, 5) is 11.3. The third-order valence-corrected chi connectivity index (χ3v) is 9.97. The molecule has 0 heterocycles. The molecule has 0 aliphatic carbocycles. The largest absolute Gasteiger partial charge is 1.00 e. The first kappa shape index (κ1) is 24.3. The topological polar surface area (TPSA) is 26.3 Å². The maximum Gasteiger partial charge on any atom is 0.305 e. The second-order valence-corrected chi connectivity index (χ2v) is 10.9. The lowest BCUT2D eigenvalue weighted by Gasteiger charge is -2.27. The maximum absolute atomic E-state index is 11.3. The van der Waals surface area contributed by atoms with E-state index in [1.807, 2.05) is 0 Å². The number of benzene rings is 3. The highest BCUT2D eigenvalue weighted by Crippen LogP contribution is 2.55. The highest BCUT2D eigenvalue weighted by molar-refractivity contribution is 7.95. The summed E-state index contributed by atoms with van der Waals surface area (Å²) in [7, 11) is -0.259. The molecule has 3 aromatic carbocycles. The first-order valence-corrected chi connectivity index (χ1v) is 12.4. The van der Waals surface area contributed by atoms with Crippen LogP contribution in [0.3, 0.4) is 0 Å². The van der Waals surface area contributed by atoms with Crippen molar-refractivity contribution in [3.8, 4) is 0 Å². The average Bonchev–Trinajstić information content (AvgIpc) is 2.80. The van der Waals surface area contributed by atoms with Gasteiger partial charge in [0.25, 0.3) is 0 Å². The molecule has 0 bridgehead atoms. The third kappa shape index (κ3) is 6.03. The molecule has 0 radical (unpaired) electrons. The van der Waals surface area contributed by atoms with E-state index < -0.39 is 7.26 Å². The van der Waals surface area contributed by atoms with E-state index in [0.29, 0.717) is 6.42 Å². The molecular weight excluding hydrogens is 455 g/mol. The zero-order valence-electron chi connectivity index (χ0n) is 17.5. The summed E-state index contributed by atoms with van der Waals surface area (Å²) in [6.45, 7) is 0. The fraction of sp³-hybridized carbons (Fsp3) is 0.269. The van der Waals surface area contributed by atoms with E-state index in [2.05, 4.69) is 91.0 Å². The molecule has 30 heavy (non-hydrogen) atoms. The van der Waals surface area contributed by atoms with Gasteiger partial charge in [-0.15, -0.1) is 0 Å². The van der Waals surface area contributed by atoms with Crippen LogP contribution in [0.15, 0.2) is 91.0 Å². The van der Waals surface area contributed by atoms with E-state index in [-0.39, 0.29) is 23.0 Å². The molecule has 4 heteroatoms. The third-order valence-electron chi connectivity index (χ3n) is 5.44. The second kappa shape index (κ2) is 12.7. The number of unbranched alkanes of at least 4 members (excludes halogenated alkanes) is 3. The van der Waals surface area contributed by atoms with Crippen molar-refractivity contribution in [3.05, 3.63) is 91.0 Å². The molecule has 3 aromatic rings. The predicted molar refractivity (Wildman–Crippen MR) is 125 cm³/mol. The zero-order valence-corrected chi connectivity index (χ0v) is 20.0. The maximum atomic E-state index is 11.3.